The van der Waals surface area contributed by atoms with Gasteiger partial charge in [0.05, 0.1) is 43.1 Å². The molecule has 8 rings (SSSR count). The Morgan fingerprint density at radius 3 is 2.42 bits per heavy atom. The number of carbonyl (C=O) groups excluding carboxylic acids is 3. The molecule has 53 heavy (non-hydrogen) atoms. The van der Waals surface area contributed by atoms with Crippen LogP contribution in [0.5, 0.6) is 0 Å². The van der Waals surface area contributed by atoms with Gasteiger partial charge in [-0.1, -0.05) is 77.5 Å². The molecular formula is C42H44BrN3O6Si. The van der Waals surface area contributed by atoms with E-state index in [1.165, 1.54) is 0 Å². The number of aliphatic hydroxyl groups is 1. The molecule has 2 N–H and O–H groups in total. The number of aliphatic hydroxyl groups excluding tert-OH is 1. The Balaban J connectivity index is 1.12. The smallest absolute Gasteiger partial charge is 0.264 e. The number of aryl methyl sites for hydroxylation is 1. The molecule has 0 saturated carbocycles. The van der Waals surface area contributed by atoms with Crippen molar-refractivity contribution in [3.8, 4) is 0 Å². The fourth-order valence-corrected chi connectivity index (χ4v) is 12.3. The molecule has 0 bridgehead atoms. The first kappa shape index (κ1) is 35.9. The summed E-state index contributed by atoms with van der Waals surface area (Å²) < 4.78 is 7.79. The number of hydrogen-bond acceptors (Lipinski definition) is 6. The van der Waals surface area contributed by atoms with E-state index in [2.05, 4.69) is 22.0 Å². The average Bonchev–Trinajstić information content (AvgIpc) is 3.56. The molecule has 0 unspecified atom stereocenters. The van der Waals surface area contributed by atoms with Crippen molar-refractivity contribution in [1.82, 2.24) is 4.90 Å². The lowest BCUT2D eigenvalue weighted by atomic mass is 9.82. The SMILES string of the molecule is C[C@@H]1[C@@H]([Si](C)(C)O)[C@H](CC(=O)N2Cc3ccccc3C[C@H]2CO)O[C@@]12C(=O)N(Cc1cccc(N3C(=O)CCc4ccccc43)c1)c1ccc(Br)cc12. The Labute approximate surface area is 319 Å². The van der Waals surface area contributed by atoms with Crippen LogP contribution < -0.4 is 9.80 Å². The molecule has 1 fully saturated rings. The van der Waals surface area contributed by atoms with Gasteiger partial charge in [0.25, 0.3) is 5.91 Å². The minimum absolute atomic E-state index is 0.0174. The number of nitrogens with zero attached hydrogens (tertiary/aromatic N) is 3. The highest BCUT2D eigenvalue weighted by atomic mass is 79.9. The zero-order valence-corrected chi connectivity index (χ0v) is 32.8. The number of carbonyl (C=O) groups is 3. The quantitative estimate of drug-likeness (QED) is 0.201. The molecule has 4 aromatic rings. The van der Waals surface area contributed by atoms with Gasteiger partial charge in [0, 0.05) is 40.1 Å². The second kappa shape index (κ2) is 13.6. The molecule has 4 aliphatic rings. The number of para-hydroxylation sites is 1. The van der Waals surface area contributed by atoms with Gasteiger partial charge in [-0.3, -0.25) is 19.3 Å². The molecule has 274 valence electrons. The van der Waals surface area contributed by atoms with Crippen LogP contribution in [0.1, 0.15) is 47.6 Å². The number of fused-ring (bicyclic) bond motifs is 4. The maximum absolute atomic E-state index is 15.1. The fraction of sp³-hybridized carbons (Fsp3) is 0.357. The minimum atomic E-state index is -3.03. The maximum Gasteiger partial charge on any atom is 0.264 e. The predicted octanol–water partition coefficient (Wildman–Crippen LogP) is 6.74. The maximum atomic E-state index is 15.1. The van der Waals surface area contributed by atoms with Gasteiger partial charge in [-0.2, -0.15) is 0 Å². The summed E-state index contributed by atoms with van der Waals surface area (Å²) in [7, 11) is -3.03. The summed E-state index contributed by atoms with van der Waals surface area (Å²) in [5.41, 5.74) is 5.34. The fourth-order valence-electron chi connectivity index (χ4n) is 9.43. The van der Waals surface area contributed by atoms with E-state index >= 15 is 4.79 Å². The van der Waals surface area contributed by atoms with E-state index in [1.54, 1.807) is 14.7 Å². The van der Waals surface area contributed by atoms with E-state index < -0.39 is 31.5 Å². The first-order chi connectivity index (χ1) is 25.4. The predicted molar refractivity (Wildman–Crippen MR) is 209 cm³/mol. The van der Waals surface area contributed by atoms with Gasteiger partial charge < -0.3 is 24.4 Å². The lowest BCUT2D eigenvalue weighted by molar-refractivity contribution is -0.151. The molecule has 0 aliphatic carbocycles. The molecule has 4 aromatic carbocycles. The van der Waals surface area contributed by atoms with Crippen LogP contribution in [-0.2, 0) is 50.7 Å². The summed E-state index contributed by atoms with van der Waals surface area (Å²) in [4.78, 5) is 59.6. The van der Waals surface area contributed by atoms with Crippen LogP contribution in [0.25, 0.3) is 0 Å². The summed E-state index contributed by atoms with van der Waals surface area (Å²) in [5.74, 6) is -0.816. The highest BCUT2D eigenvalue weighted by Gasteiger charge is 2.66. The van der Waals surface area contributed by atoms with E-state index in [0.717, 1.165) is 38.1 Å². The van der Waals surface area contributed by atoms with Crippen LogP contribution >= 0.6 is 15.9 Å². The number of hydrogen-bond donors (Lipinski definition) is 2. The number of halogens is 1. The normalized spacial score (nSPS) is 25.1. The molecule has 4 heterocycles. The van der Waals surface area contributed by atoms with Crippen molar-refractivity contribution < 1.29 is 29.0 Å². The number of anilines is 3. The molecule has 0 radical (unpaired) electrons. The van der Waals surface area contributed by atoms with E-state index in [9.17, 15) is 19.5 Å². The van der Waals surface area contributed by atoms with Crippen LogP contribution in [0.4, 0.5) is 17.1 Å². The molecule has 4 aliphatic heterocycles. The number of amides is 3. The summed E-state index contributed by atoms with van der Waals surface area (Å²) in [6.45, 7) is 6.14. The van der Waals surface area contributed by atoms with Crippen molar-refractivity contribution in [3.63, 3.8) is 0 Å². The third-order valence-electron chi connectivity index (χ3n) is 11.8. The Bertz CT molecular complexity index is 2120. The number of rotatable bonds is 7. The summed E-state index contributed by atoms with van der Waals surface area (Å²) >= 11 is 3.64. The Kier molecular flexibility index (Phi) is 9.22. The van der Waals surface area contributed by atoms with Gasteiger partial charge in [0.15, 0.2) is 13.9 Å². The highest BCUT2D eigenvalue weighted by molar-refractivity contribution is 9.10. The van der Waals surface area contributed by atoms with Crippen molar-refractivity contribution in [2.75, 3.05) is 16.4 Å². The molecule has 5 atom stereocenters. The molecular weight excluding hydrogens is 750 g/mol. The standard InChI is InChI=1S/C42H44BrN3O6Si/c1-26-40(53(2,3)51)37(22-39(49)44-24-30-12-5-4-11-29(30)20-33(44)25-47)52-42(26)34-21-31(43)16-17-36(34)45(41(42)50)23-27-9-8-13-32(19-27)46-35-14-7-6-10-28(35)15-18-38(46)48/h4-14,16-17,19,21,26,33,37,40,47,51H,15,18,20,22-25H2,1-3H3/t26-,33+,37+,40-,42+/m1/s1. The molecule has 1 saturated heterocycles. The monoisotopic (exact) mass is 793 g/mol. The second-order valence-electron chi connectivity index (χ2n) is 15.5. The van der Waals surface area contributed by atoms with Gasteiger partial charge in [-0.15, -0.1) is 0 Å². The highest BCUT2D eigenvalue weighted by Crippen LogP contribution is 2.60. The molecule has 0 aromatic heterocycles. The first-order valence-electron chi connectivity index (χ1n) is 18.4. The average molecular weight is 795 g/mol. The summed E-state index contributed by atoms with van der Waals surface area (Å²) in [6.07, 6.45) is 0.950. The molecule has 1 spiro atoms. The number of benzene rings is 4. The molecule has 3 amide bonds. The van der Waals surface area contributed by atoms with Crippen molar-refractivity contribution in [2.24, 2.45) is 5.92 Å². The number of ether oxygens (including phenoxy) is 1. The largest absolute Gasteiger partial charge is 0.432 e. The van der Waals surface area contributed by atoms with Crippen LogP contribution in [-0.4, -0.2) is 59.6 Å². The van der Waals surface area contributed by atoms with Crippen molar-refractivity contribution >= 4 is 59.0 Å². The van der Waals surface area contributed by atoms with Gasteiger partial charge in [-0.25, -0.2) is 0 Å². The van der Waals surface area contributed by atoms with Crippen molar-refractivity contribution in [1.29, 1.82) is 0 Å². The summed E-state index contributed by atoms with van der Waals surface area (Å²) in [5, 5.41) is 10.3. The first-order valence-corrected chi connectivity index (χ1v) is 22.2. The van der Waals surface area contributed by atoms with E-state index in [0.29, 0.717) is 37.1 Å². The van der Waals surface area contributed by atoms with Crippen LogP contribution in [0.3, 0.4) is 0 Å². The van der Waals surface area contributed by atoms with Crippen LogP contribution in [0, 0.1) is 5.92 Å². The Morgan fingerprint density at radius 2 is 1.66 bits per heavy atom. The van der Waals surface area contributed by atoms with E-state index in [4.69, 9.17) is 4.74 Å². The zero-order valence-electron chi connectivity index (χ0n) is 30.2. The Hall–Kier alpha value is -4.13. The van der Waals surface area contributed by atoms with Crippen molar-refractivity contribution in [3.05, 3.63) is 123 Å². The molecule has 11 heteroatoms. The van der Waals surface area contributed by atoms with Crippen molar-refractivity contribution in [2.45, 2.75) is 82.1 Å². The third kappa shape index (κ3) is 6.06. The van der Waals surface area contributed by atoms with Gasteiger partial charge in [0.2, 0.25) is 11.8 Å². The second-order valence-corrected chi connectivity index (χ2v) is 20.4. The van der Waals surface area contributed by atoms with Gasteiger partial charge in [0.1, 0.15) is 0 Å². The van der Waals surface area contributed by atoms with Gasteiger partial charge >= 0.3 is 0 Å². The van der Waals surface area contributed by atoms with Crippen LogP contribution in [0.15, 0.2) is 95.5 Å². The zero-order chi connectivity index (χ0) is 37.2. The lowest BCUT2D eigenvalue weighted by Gasteiger charge is -2.37. The van der Waals surface area contributed by atoms with Crippen LogP contribution in [0.2, 0.25) is 18.6 Å². The minimum Gasteiger partial charge on any atom is -0.432 e. The topological polar surface area (TPSA) is 111 Å². The third-order valence-corrected chi connectivity index (χ3v) is 14.8. The van der Waals surface area contributed by atoms with E-state index in [-0.39, 0.29) is 43.3 Å². The summed E-state index contributed by atoms with van der Waals surface area (Å²) in [6, 6.07) is 29.1. The lowest BCUT2D eigenvalue weighted by Crippen LogP contribution is -2.48. The van der Waals surface area contributed by atoms with E-state index in [1.807, 2.05) is 105 Å². The Morgan fingerprint density at radius 1 is 0.925 bits per heavy atom. The van der Waals surface area contributed by atoms with Gasteiger partial charge in [-0.05, 0) is 84.6 Å². The molecule has 9 nitrogen and oxygen atoms in total.